The Kier molecular flexibility index (Phi) is 4.15. The van der Waals surface area contributed by atoms with Crippen molar-refractivity contribution in [2.24, 2.45) is 0 Å². The van der Waals surface area contributed by atoms with E-state index in [1.807, 2.05) is 0 Å². The second-order valence-corrected chi connectivity index (χ2v) is 5.73. The highest BCUT2D eigenvalue weighted by molar-refractivity contribution is 5.31. The van der Waals surface area contributed by atoms with Crippen LogP contribution in [-0.4, -0.2) is 26.0 Å². The molecule has 126 valence electrons. The van der Waals surface area contributed by atoms with E-state index in [4.69, 9.17) is 5.26 Å². The number of nitriles is 1. The van der Waals surface area contributed by atoms with E-state index < -0.39 is 36.0 Å². The number of halogens is 3. The zero-order valence-corrected chi connectivity index (χ0v) is 12.6. The van der Waals surface area contributed by atoms with Gasteiger partial charge in [0.15, 0.2) is 5.60 Å². The molecule has 0 spiro atoms. The molecule has 1 unspecified atom stereocenters. The first-order valence-electron chi connectivity index (χ1n) is 7.12. The molecule has 9 heteroatoms. The molecule has 1 aromatic rings. The topological polar surface area (TPSA) is 88.0 Å². The number of hydrogen-bond donors (Lipinski definition) is 1. The summed E-state index contributed by atoms with van der Waals surface area (Å²) in [5.74, 6) is 0. The van der Waals surface area contributed by atoms with E-state index in [2.05, 4.69) is 0 Å². The molecule has 1 aliphatic rings. The molecule has 0 bridgehead atoms. The second-order valence-electron chi connectivity index (χ2n) is 5.73. The van der Waals surface area contributed by atoms with Gasteiger partial charge in [0, 0.05) is 11.7 Å². The molecule has 1 aromatic heterocycles. The molecule has 1 saturated carbocycles. The summed E-state index contributed by atoms with van der Waals surface area (Å²) in [6, 6.07) is 1.42. The van der Waals surface area contributed by atoms with Crippen molar-refractivity contribution in [3.8, 4) is 6.07 Å². The molecule has 0 aromatic carbocycles. The Morgan fingerprint density at radius 1 is 1.35 bits per heavy atom. The van der Waals surface area contributed by atoms with E-state index in [0.717, 1.165) is 6.92 Å². The maximum atomic E-state index is 13.0. The van der Waals surface area contributed by atoms with Crippen molar-refractivity contribution >= 4 is 0 Å². The molecule has 6 nitrogen and oxygen atoms in total. The average Bonchev–Trinajstić information content (AvgIpc) is 3.27. The Labute approximate surface area is 129 Å². The Hall–Kier alpha value is -2.08. The van der Waals surface area contributed by atoms with Crippen LogP contribution in [0, 0.1) is 18.3 Å². The molecule has 1 heterocycles. The smallest absolute Gasteiger partial charge is 0.379 e. The minimum atomic E-state index is -5.00. The van der Waals surface area contributed by atoms with E-state index in [0.29, 0.717) is 17.4 Å². The van der Waals surface area contributed by atoms with Crippen LogP contribution in [0.2, 0.25) is 0 Å². The quantitative estimate of drug-likeness (QED) is 0.899. The predicted octanol–water partition coefficient (Wildman–Crippen LogP) is 1.23. The Morgan fingerprint density at radius 3 is 2.30 bits per heavy atom. The fourth-order valence-electron chi connectivity index (χ4n) is 2.46. The van der Waals surface area contributed by atoms with Gasteiger partial charge >= 0.3 is 11.9 Å². The monoisotopic (exact) mass is 331 g/mol. The van der Waals surface area contributed by atoms with Crippen molar-refractivity contribution in [2.45, 2.75) is 57.5 Å². The van der Waals surface area contributed by atoms with Crippen LogP contribution in [-0.2, 0) is 6.54 Å². The summed E-state index contributed by atoms with van der Waals surface area (Å²) in [6.45, 7) is 1.30. The highest BCUT2D eigenvalue weighted by atomic mass is 19.4. The standard InChI is InChI=1S/C14H16F3N3O3/c1-3-13(23,14(15,16)17)7-19-11(21)10(6-18)8(2)20(12(19)22)9-4-5-9/h9,23H,3-5,7H2,1-2H3. The van der Waals surface area contributed by atoms with Crippen LogP contribution in [0.3, 0.4) is 0 Å². The fraction of sp³-hybridized carbons (Fsp3) is 0.643. The van der Waals surface area contributed by atoms with Gasteiger partial charge < -0.3 is 5.11 Å². The minimum Gasteiger partial charge on any atom is -0.379 e. The zero-order chi connectivity index (χ0) is 17.6. The maximum Gasteiger partial charge on any atom is 0.418 e. The molecule has 0 saturated heterocycles. The third-order valence-electron chi connectivity index (χ3n) is 4.18. The first kappa shape index (κ1) is 17.3. The van der Waals surface area contributed by atoms with Crippen LogP contribution in [0.5, 0.6) is 0 Å². The molecule has 1 atom stereocenters. The summed E-state index contributed by atoms with van der Waals surface area (Å²) in [4.78, 5) is 24.6. The maximum absolute atomic E-state index is 13.0. The number of alkyl halides is 3. The van der Waals surface area contributed by atoms with Crippen LogP contribution >= 0.6 is 0 Å². The van der Waals surface area contributed by atoms with Gasteiger partial charge in [0.1, 0.15) is 11.6 Å². The summed E-state index contributed by atoms with van der Waals surface area (Å²) in [7, 11) is 0. The first-order chi connectivity index (χ1) is 10.6. The third-order valence-corrected chi connectivity index (χ3v) is 4.18. The van der Waals surface area contributed by atoms with Gasteiger partial charge in [0.25, 0.3) is 5.56 Å². The predicted molar refractivity (Wildman–Crippen MR) is 74.0 cm³/mol. The van der Waals surface area contributed by atoms with Crippen molar-refractivity contribution in [1.29, 1.82) is 5.26 Å². The number of aromatic nitrogens is 2. The van der Waals surface area contributed by atoms with Gasteiger partial charge in [-0.05, 0) is 26.2 Å². The van der Waals surface area contributed by atoms with Crippen molar-refractivity contribution < 1.29 is 18.3 Å². The molecule has 23 heavy (non-hydrogen) atoms. The van der Waals surface area contributed by atoms with Crippen molar-refractivity contribution in [2.75, 3.05) is 0 Å². The molecule has 0 amide bonds. The molecule has 2 rings (SSSR count). The van der Waals surface area contributed by atoms with Crippen LogP contribution in [0.4, 0.5) is 13.2 Å². The van der Waals surface area contributed by atoms with Gasteiger partial charge in [-0.3, -0.25) is 13.9 Å². The Balaban J connectivity index is 2.69. The van der Waals surface area contributed by atoms with Crippen LogP contribution in [0.15, 0.2) is 9.59 Å². The summed E-state index contributed by atoms with van der Waals surface area (Å²) in [6.07, 6.45) is -4.42. The first-order valence-corrected chi connectivity index (χ1v) is 7.12. The molecular weight excluding hydrogens is 315 g/mol. The third kappa shape index (κ3) is 2.79. The van der Waals surface area contributed by atoms with Gasteiger partial charge in [0.2, 0.25) is 0 Å². The van der Waals surface area contributed by atoms with Gasteiger partial charge in [-0.15, -0.1) is 0 Å². The largest absolute Gasteiger partial charge is 0.418 e. The number of hydrogen-bond acceptors (Lipinski definition) is 4. The molecule has 0 aliphatic heterocycles. The second kappa shape index (κ2) is 5.53. The van der Waals surface area contributed by atoms with Crippen LogP contribution in [0.1, 0.15) is 43.5 Å². The Bertz CT molecular complexity index is 784. The Morgan fingerprint density at radius 2 is 1.91 bits per heavy atom. The molecule has 1 fully saturated rings. The average molecular weight is 331 g/mol. The summed E-state index contributed by atoms with van der Waals surface area (Å²) >= 11 is 0. The highest BCUT2D eigenvalue weighted by Gasteiger charge is 2.53. The number of rotatable bonds is 4. The van der Waals surface area contributed by atoms with Gasteiger partial charge in [-0.2, -0.15) is 18.4 Å². The van der Waals surface area contributed by atoms with E-state index in [9.17, 15) is 27.9 Å². The van der Waals surface area contributed by atoms with Crippen molar-refractivity contribution in [1.82, 2.24) is 9.13 Å². The lowest BCUT2D eigenvalue weighted by Crippen LogP contribution is -2.54. The lowest BCUT2D eigenvalue weighted by Gasteiger charge is -2.30. The molecule has 1 aliphatic carbocycles. The highest BCUT2D eigenvalue weighted by Crippen LogP contribution is 2.35. The van der Waals surface area contributed by atoms with Gasteiger partial charge in [-0.25, -0.2) is 4.79 Å². The van der Waals surface area contributed by atoms with E-state index in [-0.39, 0.29) is 17.3 Å². The summed E-state index contributed by atoms with van der Waals surface area (Å²) in [5, 5.41) is 18.9. The van der Waals surface area contributed by atoms with E-state index in [1.54, 1.807) is 6.07 Å². The fourth-order valence-corrected chi connectivity index (χ4v) is 2.46. The normalized spacial score (nSPS) is 17.6. The molecule has 1 N–H and O–H groups in total. The van der Waals surface area contributed by atoms with Crippen LogP contribution in [0.25, 0.3) is 0 Å². The minimum absolute atomic E-state index is 0.147. The SMILES string of the molecule is CCC(O)(Cn1c(=O)c(C#N)c(C)n(C2CC2)c1=O)C(F)(F)F. The summed E-state index contributed by atoms with van der Waals surface area (Å²) < 4.78 is 40.6. The lowest BCUT2D eigenvalue weighted by molar-refractivity contribution is -0.266. The molecule has 0 radical (unpaired) electrons. The summed E-state index contributed by atoms with van der Waals surface area (Å²) in [5.41, 5.74) is -5.47. The number of nitrogens with zero attached hydrogens (tertiary/aromatic N) is 3. The van der Waals surface area contributed by atoms with Gasteiger partial charge in [-0.1, -0.05) is 6.92 Å². The van der Waals surface area contributed by atoms with E-state index >= 15 is 0 Å². The lowest BCUT2D eigenvalue weighted by atomic mass is 10.00. The van der Waals surface area contributed by atoms with Crippen molar-refractivity contribution in [3.63, 3.8) is 0 Å². The van der Waals surface area contributed by atoms with E-state index in [1.165, 1.54) is 11.5 Å². The van der Waals surface area contributed by atoms with Crippen LogP contribution < -0.4 is 11.2 Å². The van der Waals surface area contributed by atoms with Crippen molar-refractivity contribution in [3.05, 3.63) is 32.1 Å². The molecular formula is C14H16F3N3O3. The van der Waals surface area contributed by atoms with Gasteiger partial charge in [0.05, 0.1) is 6.54 Å². The number of aliphatic hydroxyl groups is 1. The zero-order valence-electron chi connectivity index (χ0n) is 12.6.